The minimum Gasteiger partial charge on any atom is -0.496 e. The number of methoxy groups -OCH3 is 1. The van der Waals surface area contributed by atoms with E-state index in [9.17, 15) is 0 Å². The van der Waals surface area contributed by atoms with Crippen LogP contribution in [0.5, 0.6) is 5.75 Å². The molecule has 2 saturated heterocycles. The van der Waals surface area contributed by atoms with Crippen molar-refractivity contribution in [2.45, 2.75) is 45.3 Å². The summed E-state index contributed by atoms with van der Waals surface area (Å²) < 4.78 is 11.4. The molecule has 150 valence electrons. The molecule has 2 aliphatic rings. The van der Waals surface area contributed by atoms with Crippen molar-refractivity contribution in [2.75, 3.05) is 46.4 Å². The van der Waals surface area contributed by atoms with Crippen LogP contribution in [0.4, 0.5) is 0 Å². The first-order valence-electron chi connectivity index (χ1n) is 10.2. The molecule has 2 atom stereocenters. The molecular weight excluding hydrogens is 340 g/mol. The van der Waals surface area contributed by atoms with Crippen LogP contribution in [0.15, 0.2) is 23.2 Å². The Morgan fingerprint density at radius 1 is 1.37 bits per heavy atom. The van der Waals surface area contributed by atoms with Gasteiger partial charge in [-0.1, -0.05) is 12.1 Å². The number of aliphatic imine (C=N–C) groups is 1. The number of nitrogens with zero attached hydrogens (tertiary/aromatic N) is 2. The molecule has 0 aromatic heterocycles. The Bertz CT molecular complexity index is 635. The summed E-state index contributed by atoms with van der Waals surface area (Å²) in [5.41, 5.74) is 2.42. The lowest BCUT2D eigenvalue weighted by atomic mass is 10.1. The van der Waals surface area contributed by atoms with Gasteiger partial charge in [0.05, 0.1) is 26.4 Å². The third-order valence-corrected chi connectivity index (χ3v) is 5.44. The molecular formula is C21H34N4O2. The summed E-state index contributed by atoms with van der Waals surface area (Å²) in [6.45, 7) is 9.63. The smallest absolute Gasteiger partial charge is 0.191 e. The van der Waals surface area contributed by atoms with Crippen LogP contribution in [0.1, 0.15) is 30.9 Å². The second-order valence-electron chi connectivity index (χ2n) is 7.45. The lowest BCUT2D eigenvalue weighted by Crippen LogP contribution is -2.47. The van der Waals surface area contributed by atoms with Gasteiger partial charge in [-0.15, -0.1) is 0 Å². The summed E-state index contributed by atoms with van der Waals surface area (Å²) in [5.74, 6) is 1.81. The Labute approximate surface area is 163 Å². The van der Waals surface area contributed by atoms with Crippen molar-refractivity contribution in [3.05, 3.63) is 29.3 Å². The van der Waals surface area contributed by atoms with E-state index in [1.165, 1.54) is 24.9 Å². The van der Waals surface area contributed by atoms with Gasteiger partial charge in [-0.3, -0.25) is 9.89 Å². The number of hydrogen-bond donors (Lipinski definition) is 2. The Kier molecular flexibility index (Phi) is 7.35. The summed E-state index contributed by atoms with van der Waals surface area (Å²) >= 11 is 0. The minimum atomic E-state index is 0.205. The number of benzene rings is 1. The first kappa shape index (κ1) is 20.0. The van der Waals surface area contributed by atoms with Crippen molar-refractivity contribution in [3.8, 4) is 5.75 Å². The number of fused-ring (bicyclic) bond motifs is 1. The first-order valence-corrected chi connectivity index (χ1v) is 10.2. The van der Waals surface area contributed by atoms with Crippen LogP contribution in [0.25, 0.3) is 0 Å². The van der Waals surface area contributed by atoms with Crippen LogP contribution in [0.2, 0.25) is 0 Å². The highest BCUT2D eigenvalue weighted by Gasteiger charge is 2.31. The summed E-state index contributed by atoms with van der Waals surface area (Å²) in [6, 6.07) is 7.03. The number of rotatable bonds is 7. The highest BCUT2D eigenvalue weighted by molar-refractivity contribution is 5.79. The predicted octanol–water partition coefficient (Wildman–Crippen LogP) is 1.96. The Hall–Kier alpha value is -1.79. The average Bonchev–Trinajstić information content (AvgIpc) is 3.15. The van der Waals surface area contributed by atoms with Crippen molar-refractivity contribution < 1.29 is 9.47 Å². The van der Waals surface area contributed by atoms with Crippen LogP contribution >= 0.6 is 0 Å². The molecule has 0 bridgehead atoms. The van der Waals surface area contributed by atoms with Gasteiger partial charge in [-0.05, 0) is 56.8 Å². The quantitative estimate of drug-likeness (QED) is 0.564. The van der Waals surface area contributed by atoms with E-state index in [-0.39, 0.29) is 6.10 Å². The number of aryl methyl sites for hydroxylation is 1. The lowest BCUT2D eigenvalue weighted by Gasteiger charge is -2.34. The first-order chi connectivity index (χ1) is 13.2. The maximum atomic E-state index is 6.01. The summed E-state index contributed by atoms with van der Waals surface area (Å²) in [5, 5.41) is 6.77. The zero-order valence-electron chi connectivity index (χ0n) is 17.0. The van der Waals surface area contributed by atoms with Crippen LogP contribution in [0.3, 0.4) is 0 Å². The van der Waals surface area contributed by atoms with E-state index in [1.54, 1.807) is 7.11 Å². The molecule has 0 spiro atoms. The van der Waals surface area contributed by atoms with Gasteiger partial charge in [-0.2, -0.15) is 0 Å². The highest BCUT2D eigenvalue weighted by atomic mass is 16.5. The fraction of sp³-hybridized carbons (Fsp3) is 0.667. The van der Waals surface area contributed by atoms with Crippen LogP contribution in [-0.2, 0) is 11.2 Å². The highest BCUT2D eigenvalue weighted by Crippen LogP contribution is 2.22. The summed E-state index contributed by atoms with van der Waals surface area (Å²) in [7, 11) is 1.72. The lowest BCUT2D eigenvalue weighted by molar-refractivity contribution is -0.0432. The summed E-state index contributed by atoms with van der Waals surface area (Å²) in [6.07, 6.45) is 3.72. The molecule has 0 radical (unpaired) electrons. The molecule has 6 nitrogen and oxygen atoms in total. The number of hydrogen-bond acceptors (Lipinski definition) is 4. The molecule has 0 aliphatic carbocycles. The number of guanidine groups is 1. The van der Waals surface area contributed by atoms with Crippen molar-refractivity contribution in [3.63, 3.8) is 0 Å². The van der Waals surface area contributed by atoms with E-state index in [4.69, 9.17) is 14.5 Å². The molecule has 2 aliphatic heterocycles. The number of morpholine rings is 1. The molecule has 0 amide bonds. The second-order valence-corrected chi connectivity index (χ2v) is 7.45. The van der Waals surface area contributed by atoms with Gasteiger partial charge < -0.3 is 20.1 Å². The Morgan fingerprint density at radius 2 is 2.26 bits per heavy atom. The zero-order chi connectivity index (χ0) is 19.1. The van der Waals surface area contributed by atoms with E-state index in [0.717, 1.165) is 49.9 Å². The standard InChI is InChI=1S/C21H34N4O2/c1-4-22-21(23-10-9-17-8-7-16(2)20(12-17)26-3)24-13-19-14-25-11-5-6-18(25)15-27-19/h7-8,12,18-19H,4-6,9-11,13-15H2,1-3H3,(H2,22,23,24). The number of ether oxygens (including phenoxy) is 2. The van der Waals surface area contributed by atoms with Crippen LogP contribution < -0.4 is 15.4 Å². The third kappa shape index (κ3) is 5.59. The van der Waals surface area contributed by atoms with Gasteiger partial charge in [0.25, 0.3) is 0 Å². The van der Waals surface area contributed by atoms with Gasteiger partial charge in [0.15, 0.2) is 5.96 Å². The van der Waals surface area contributed by atoms with Gasteiger partial charge in [0.1, 0.15) is 5.75 Å². The minimum absolute atomic E-state index is 0.205. The van der Waals surface area contributed by atoms with Gasteiger partial charge in [0, 0.05) is 25.7 Å². The van der Waals surface area contributed by atoms with E-state index < -0.39 is 0 Å². The van der Waals surface area contributed by atoms with Crippen molar-refractivity contribution in [1.82, 2.24) is 15.5 Å². The Morgan fingerprint density at radius 3 is 3.07 bits per heavy atom. The molecule has 2 fully saturated rings. The molecule has 1 aromatic carbocycles. The molecule has 3 rings (SSSR count). The summed E-state index contributed by atoms with van der Waals surface area (Å²) in [4.78, 5) is 7.31. The number of nitrogens with one attached hydrogen (secondary N) is 2. The molecule has 27 heavy (non-hydrogen) atoms. The molecule has 1 aromatic rings. The van der Waals surface area contributed by atoms with Crippen LogP contribution in [0, 0.1) is 6.92 Å². The fourth-order valence-corrected chi connectivity index (χ4v) is 3.88. The van der Waals surface area contributed by atoms with E-state index >= 15 is 0 Å². The van der Waals surface area contributed by atoms with Gasteiger partial charge >= 0.3 is 0 Å². The Balaban J connectivity index is 1.47. The predicted molar refractivity (Wildman–Crippen MR) is 110 cm³/mol. The molecule has 6 heteroatoms. The van der Waals surface area contributed by atoms with Crippen LogP contribution in [-0.4, -0.2) is 69.4 Å². The largest absolute Gasteiger partial charge is 0.496 e. The van der Waals surface area contributed by atoms with Gasteiger partial charge in [0.2, 0.25) is 0 Å². The average molecular weight is 375 g/mol. The van der Waals surface area contributed by atoms with Crippen molar-refractivity contribution >= 4 is 5.96 Å². The second kappa shape index (κ2) is 9.95. The normalized spacial score (nSPS) is 23.1. The topological polar surface area (TPSA) is 58.1 Å². The molecule has 0 saturated carbocycles. The van der Waals surface area contributed by atoms with E-state index in [0.29, 0.717) is 12.6 Å². The zero-order valence-corrected chi connectivity index (χ0v) is 17.0. The van der Waals surface area contributed by atoms with Crippen molar-refractivity contribution in [2.24, 2.45) is 4.99 Å². The molecule has 2 heterocycles. The monoisotopic (exact) mass is 374 g/mol. The molecule has 2 unspecified atom stereocenters. The molecule has 2 N–H and O–H groups in total. The van der Waals surface area contributed by atoms with Crippen molar-refractivity contribution in [1.29, 1.82) is 0 Å². The van der Waals surface area contributed by atoms with E-state index in [1.807, 2.05) is 0 Å². The van der Waals surface area contributed by atoms with Gasteiger partial charge in [-0.25, -0.2) is 0 Å². The van der Waals surface area contributed by atoms with E-state index in [2.05, 4.69) is 47.6 Å². The maximum Gasteiger partial charge on any atom is 0.191 e. The third-order valence-electron chi connectivity index (χ3n) is 5.44. The SMILES string of the molecule is CCNC(=NCC1CN2CCCC2CO1)NCCc1ccc(C)c(OC)c1. The maximum absolute atomic E-state index is 6.01. The fourth-order valence-electron chi connectivity index (χ4n) is 3.88.